The molecule has 4 nitrogen and oxygen atoms in total. The predicted octanol–water partition coefficient (Wildman–Crippen LogP) is 1.34. The van der Waals surface area contributed by atoms with E-state index in [9.17, 15) is 9.18 Å². The van der Waals surface area contributed by atoms with Crippen LogP contribution < -0.4 is 11.1 Å². The average molecular weight is 223 g/mol. The molecule has 0 unspecified atom stereocenters. The number of carbonyl (C=O) groups excluding carboxylic acids is 1. The molecule has 0 fully saturated rings. The Labute approximate surface area is 93.4 Å². The first kappa shape index (κ1) is 12.2. The molecule has 0 aromatic carbocycles. The first-order valence-corrected chi connectivity index (χ1v) is 4.92. The molecule has 0 aliphatic carbocycles. The third-order valence-electron chi connectivity index (χ3n) is 1.88. The number of anilines is 1. The van der Waals surface area contributed by atoms with Crippen molar-refractivity contribution in [2.45, 2.75) is 13.3 Å². The maximum atomic E-state index is 12.8. The van der Waals surface area contributed by atoms with Gasteiger partial charge in [0.2, 0.25) is 11.9 Å². The van der Waals surface area contributed by atoms with Crippen LogP contribution in [0, 0.1) is 5.95 Å². The number of nitrogens with one attached hydrogen (secondary N) is 1. The Kier molecular flexibility index (Phi) is 4.44. The molecule has 0 aliphatic rings. The van der Waals surface area contributed by atoms with Gasteiger partial charge in [0.1, 0.15) is 0 Å². The largest absolute Gasteiger partial charge is 0.397 e. The summed E-state index contributed by atoms with van der Waals surface area (Å²) in [5.41, 5.74) is 6.44. The molecule has 1 rings (SSSR count). The van der Waals surface area contributed by atoms with Crippen LogP contribution in [0.1, 0.15) is 19.0 Å². The normalized spacial score (nSPS) is 10.6. The van der Waals surface area contributed by atoms with Gasteiger partial charge in [-0.05, 0) is 24.6 Å². The van der Waals surface area contributed by atoms with Crippen molar-refractivity contribution in [1.82, 2.24) is 10.3 Å². The molecule has 5 heteroatoms. The topological polar surface area (TPSA) is 68.0 Å². The second-order valence-corrected chi connectivity index (χ2v) is 3.28. The van der Waals surface area contributed by atoms with Crippen molar-refractivity contribution in [2.24, 2.45) is 0 Å². The van der Waals surface area contributed by atoms with E-state index in [4.69, 9.17) is 5.73 Å². The van der Waals surface area contributed by atoms with E-state index in [-0.39, 0.29) is 5.91 Å². The molecule has 86 valence electrons. The molecule has 16 heavy (non-hydrogen) atoms. The van der Waals surface area contributed by atoms with Crippen molar-refractivity contribution >= 4 is 17.7 Å². The van der Waals surface area contributed by atoms with Gasteiger partial charge in [-0.3, -0.25) is 4.79 Å². The van der Waals surface area contributed by atoms with Crippen molar-refractivity contribution in [3.05, 3.63) is 29.9 Å². The first-order valence-electron chi connectivity index (χ1n) is 4.92. The fourth-order valence-corrected chi connectivity index (χ4v) is 1.12. The van der Waals surface area contributed by atoms with E-state index in [2.05, 4.69) is 10.3 Å². The summed E-state index contributed by atoms with van der Waals surface area (Å²) in [6.07, 6.45) is 4.07. The molecule has 1 amide bonds. The molecular formula is C11H14FN3O. The zero-order valence-corrected chi connectivity index (χ0v) is 9.03. The maximum absolute atomic E-state index is 12.8. The summed E-state index contributed by atoms with van der Waals surface area (Å²) in [5, 5.41) is 2.64. The Morgan fingerprint density at radius 2 is 2.38 bits per heavy atom. The zero-order chi connectivity index (χ0) is 12.0. The van der Waals surface area contributed by atoms with Gasteiger partial charge in [-0.25, -0.2) is 4.98 Å². The molecule has 1 aromatic rings. The highest BCUT2D eigenvalue weighted by atomic mass is 19.1. The summed E-state index contributed by atoms with van der Waals surface area (Å²) >= 11 is 0. The highest BCUT2D eigenvalue weighted by Crippen LogP contribution is 2.10. The summed E-state index contributed by atoms with van der Waals surface area (Å²) in [4.78, 5) is 14.2. The van der Waals surface area contributed by atoms with E-state index in [0.29, 0.717) is 24.3 Å². The van der Waals surface area contributed by atoms with Crippen molar-refractivity contribution in [1.29, 1.82) is 0 Å². The van der Waals surface area contributed by atoms with Crippen LogP contribution in [-0.4, -0.2) is 17.4 Å². The van der Waals surface area contributed by atoms with Gasteiger partial charge in [-0.2, -0.15) is 4.39 Å². The first-order chi connectivity index (χ1) is 7.59. The number of carbonyl (C=O) groups is 1. The van der Waals surface area contributed by atoms with Crippen molar-refractivity contribution in [2.75, 3.05) is 12.3 Å². The Morgan fingerprint density at radius 3 is 3.06 bits per heavy atom. The van der Waals surface area contributed by atoms with E-state index in [0.717, 1.165) is 0 Å². The van der Waals surface area contributed by atoms with E-state index in [1.165, 1.54) is 19.1 Å². The van der Waals surface area contributed by atoms with E-state index >= 15 is 0 Å². The van der Waals surface area contributed by atoms with Crippen LogP contribution in [0.15, 0.2) is 18.2 Å². The molecular weight excluding hydrogens is 209 g/mol. The summed E-state index contributed by atoms with van der Waals surface area (Å²) in [7, 11) is 0. The van der Waals surface area contributed by atoms with Gasteiger partial charge in [-0.1, -0.05) is 6.08 Å². The van der Waals surface area contributed by atoms with Crippen LogP contribution in [0.5, 0.6) is 0 Å². The van der Waals surface area contributed by atoms with E-state index in [1.807, 2.05) is 0 Å². The lowest BCUT2D eigenvalue weighted by atomic mass is 10.2. The Bertz CT molecular complexity index is 404. The van der Waals surface area contributed by atoms with Gasteiger partial charge in [0.05, 0.1) is 11.4 Å². The third kappa shape index (κ3) is 4.08. The standard InChI is InChI=1S/C11H14FN3O/c1-8(16)14-7-3-2-4-10-9(13)5-6-11(12)15-10/h2,4-6H,3,7,13H2,1H3,(H,14,16). The summed E-state index contributed by atoms with van der Waals surface area (Å²) in [5.74, 6) is -0.632. The quantitative estimate of drug-likeness (QED) is 0.598. The lowest BCUT2D eigenvalue weighted by Gasteiger charge is -1.99. The van der Waals surface area contributed by atoms with Crippen LogP contribution in [0.3, 0.4) is 0 Å². The van der Waals surface area contributed by atoms with Crippen LogP contribution in [0.25, 0.3) is 6.08 Å². The molecule has 1 heterocycles. The SMILES string of the molecule is CC(=O)NCCC=Cc1nc(F)ccc1N. The lowest BCUT2D eigenvalue weighted by Crippen LogP contribution is -2.20. The second kappa shape index (κ2) is 5.85. The molecule has 0 saturated carbocycles. The van der Waals surface area contributed by atoms with Crippen LogP contribution in [0.2, 0.25) is 0 Å². The maximum Gasteiger partial charge on any atom is 0.216 e. The molecule has 0 bridgehead atoms. The van der Waals surface area contributed by atoms with Crippen molar-refractivity contribution in [3.63, 3.8) is 0 Å². The van der Waals surface area contributed by atoms with Gasteiger partial charge >= 0.3 is 0 Å². The summed E-state index contributed by atoms with van der Waals surface area (Å²) in [6.45, 7) is 2.00. The Morgan fingerprint density at radius 1 is 1.62 bits per heavy atom. The fourth-order valence-electron chi connectivity index (χ4n) is 1.12. The molecule has 0 saturated heterocycles. The monoisotopic (exact) mass is 223 g/mol. The molecule has 0 aliphatic heterocycles. The predicted molar refractivity (Wildman–Crippen MR) is 60.9 cm³/mol. The molecule has 1 aromatic heterocycles. The number of halogens is 1. The van der Waals surface area contributed by atoms with Gasteiger partial charge in [0, 0.05) is 13.5 Å². The summed E-state index contributed by atoms with van der Waals surface area (Å²) < 4.78 is 12.8. The number of nitrogens with two attached hydrogens (primary N) is 1. The van der Waals surface area contributed by atoms with Crippen LogP contribution in [-0.2, 0) is 4.79 Å². The minimum atomic E-state index is -0.560. The minimum Gasteiger partial charge on any atom is -0.397 e. The number of nitrogen functional groups attached to an aromatic ring is 1. The number of amides is 1. The molecule has 0 atom stereocenters. The van der Waals surface area contributed by atoms with Crippen molar-refractivity contribution in [3.8, 4) is 0 Å². The molecule has 0 radical (unpaired) electrons. The van der Waals surface area contributed by atoms with Crippen LogP contribution in [0.4, 0.5) is 10.1 Å². The fraction of sp³-hybridized carbons (Fsp3) is 0.273. The number of aromatic nitrogens is 1. The number of rotatable bonds is 4. The van der Waals surface area contributed by atoms with E-state index < -0.39 is 5.95 Å². The van der Waals surface area contributed by atoms with Gasteiger partial charge in [-0.15, -0.1) is 0 Å². The Balaban J connectivity index is 2.49. The van der Waals surface area contributed by atoms with Gasteiger partial charge < -0.3 is 11.1 Å². The molecule has 0 spiro atoms. The lowest BCUT2D eigenvalue weighted by molar-refractivity contribution is -0.118. The third-order valence-corrected chi connectivity index (χ3v) is 1.88. The smallest absolute Gasteiger partial charge is 0.216 e. The summed E-state index contributed by atoms with van der Waals surface area (Å²) in [6, 6.07) is 2.68. The minimum absolute atomic E-state index is 0.0724. The number of nitrogens with zero attached hydrogens (tertiary/aromatic N) is 1. The van der Waals surface area contributed by atoms with Gasteiger partial charge in [0.25, 0.3) is 0 Å². The van der Waals surface area contributed by atoms with Gasteiger partial charge in [0.15, 0.2) is 0 Å². The zero-order valence-electron chi connectivity index (χ0n) is 9.03. The molecule has 3 N–H and O–H groups in total. The van der Waals surface area contributed by atoms with E-state index in [1.54, 1.807) is 12.2 Å². The Hall–Kier alpha value is -1.91. The number of pyridine rings is 1. The highest BCUT2D eigenvalue weighted by molar-refractivity contribution is 5.72. The number of hydrogen-bond acceptors (Lipinski definition) is 3. The number of hydrogen-bond donors (Lipinski definition) is 2. The highest BCUT2D eigenvalue weighted by Gasteiger charge is 1.98. The average Bonchev–Trinajstić information content (AvgIpc) is 2.22. The second-order valence-electron chi connectivity index (χ2n) is 3.28. The van der Waals surface area contributed by atoms with Crippen LogP contribution >= 0.6 is 0 Å². The van der Waals surface area contributed by atoms with Crippen molar-refractivity contribution < 1.29 is 9.18 Å².